The van der Waals surface area contributed by atoms with Crippen LogP contribution in [-0.2, 0) is 9.59 Å². The number of nitrogens with one attached hydrogen (secondary N) is 2. The Morgan fingerprint density at radius 2 is 2.05 bits per heavy atom. The number of hydrogen-bond acceptors (Lipinski definition) is 4. The van der Waals surface area contributed by atoms with Crippen molar-refractivity contribution in [2.75, 3.05) is 6.54 Å². The maximum Gasteiger partial charge on any atom is 0.308 e. The highest BCUT2D eigenvalue weighted by molar-refractivity contribution is 5.94. The molecule has 1 rings (SSSR count). The number of hydrogen-bond donors (Lipinski definition) is 3. The van der Waals surface area contributed by atoms with Gasteiger partial charge in [0.15, 0.2) is 0 Å². The molecule has 110 valence electrons. The van der Waals surface area contributed by atoms with E-state index < -0.39 is 17.9 Å². The lowest BCUT2D eigenvalue weighted by Crippen LogP contribution is -2.41. The number of aliphatic carboxylic acids is 1. The number of carboxylic acids is 1. The van der Waals surface area contributed by atoms with Gasteiger partial charge in [-0.3, -0.25) is 14.4 Å². The molecule has 1 aromatic heterocycles. The first-order valence-corrected chi connectivity index (χ1v) is 6.24. The minimum absolute atomic E-state index is 0.0836. The van der Waals surface area contributed by atoms with Crippen LogP contribution in [0.1, 0.15) is 30.6 Å². The molecule has 1 heterocycles. The van der Waals surface area contributed by atoms with Crippen molar-refractivity contribution in [3.05, 3.63) is 24.2 Å². The first-order chi connectivity index (χ1) is 9.41. The molecule has 7 heteroatoms. The second-order valence-corrected chi connectivity index (χ2v) is 4.50. The third kappa shape index (κ3) is 4.75. The first-order valence-electron chi connectivity index (χ1n) is 6.24. The van der Waals surface area contributed by atoms with E-state index in [1.54, 1.807) is 6.92 Å². The summed E-state index contributed by atoms with van der Waals surface area (Å²) < 4.78 is 4.77. The van der Waals surface area contributed by atoms with Crippen LogP contribution in [0.15, 0.2) is 23.0 Å². The molecule has 0 aliphatic heterocycles. The molecule has 0 fully saturated rings. The van der Waals surface area contributed by atoms with Crippen LogP contribution in [0.25, 0.3) is 0 Å². The second-order valence-electron chi connectivity index (χ2n) is 4.50. The van der Waals surface area contributed by atoms with E-state index >= 15 is 0 Å². The van der Waals surface area contributed by atoms with Crippen LogP contribution >= 0.6 is 0 Å². The van der Waals surface area contributed by atoms with Gasteiger partial charge in [0.1, 0.15) is 6.26 Å². The van der Waals surface area contributed by atoms with Gasteiger partial charge in [-0.25, -0.2) is 0 Å². The minimum Gasteiger partial charge on any atom is -0.481 e. The molecule has 0 saturated heterocycles. The van der Waals surface area contributed by atoms with Gasteiger partial charge in [0.2, 0.25) is 5.91 Å². The number of amides is 2. The van der Waals surface area contributed by atoms with E-state index in [-0.39, 0.29) is 24.8 Å². The zero-order valence-electron chi connectivity index (χ0n) is 11.4. The monoisotopic (exact) mass is 282 g/mol. The quantitative estimate of drug-likeness (QED) is 0.679. The summed E-state index contributed by atoms with van der Waals surface area (Å²) in [6.45, 7) is 3.32. The van der Waals surface area contributed by atoms with Crippen molar-refractivity contribution in [3.8, 4) is 0 Å². The summed E-state index contributed by atoms with van der Waals surface area (Å²) >= 11 is 0. The number of carbonyl (C=O) groups is 3. The van der Waals surface area contributed by atoms with Gasteiger partial charge in [0.05, 0.1) is 17.7 Å². The lowest BCUT2D eigenvalue weighted by molar-refractivity contribution is -0.142. The standard InChI is InChI=1S/C13H18N2O5/c1-8(13(18)19)9(2)15-11(16)3-5-14-12(17)10-4-6-20-7-10/h4,6-9H,3,5H2,1-2H3,(H,14,17)(H,15,16)(H,18,19). The van der Waals surface area contributed by atoms with Crippen LogP contribution in [0, 0.1) is 5.92 Å². The van der Waals surface area contributed by atoms with Crippen LogP contribution < -0.4 is 10.6 Å². The number of carboxylic acid groups (broad SMARTS) is 1. The third-order valence-electron chi connectivity index (χ3n) is 2.95. The van der Waals surface area contributed by atoms with E-state index in [0.29, 0.717) is 5.56 Å². The van der Waals surface area contributed by atoms with Crippen molar-refractivity contribution >= 4 is 17.8 Å². The molecule has 3 N–H and O–H groups in total. The molecule has 0 bridgehead atoms. The SMILES string of the molecule is CC(NC(=O)CCNC(=O)c1ccoc1)C(C)C(=O)O. The van der Waals surface area contributed by atoms with Gasteiger partial charge in [-0.05, 0) is 19.9 Å². The fourth-order valence-corrected chi connectivity index (χ4v) is 1.45. The zero-order chi connectivity index (χ0) is 15.1. The second kappa shape index (κ2) is 7.32. The summed E-state index contributed by atoms with van der Waals surface area (Å²) in [4.78, 5) is 33.8. The summed E-state index contributed by atoms with van der Waals surface area (Å²) in [6.07, 6.45) is 2.78. The molecule has 2 atom stereocenters. The molecule has 7 nitrogen and oxygen atoms in total. The Kier molecular flexibility index (Phi) is 5.76. The number of carbonyl (C=O) groups excluding carboxylic acids is 2. The molecule has 0 saturated carbocycles. The van der Waals surface area contributed by atoms with Gasteiger partial charge >= 0.3 is 5.97 Å². The van der Waals surface area contributed by atoms with Gasteiger partial charge in [-0.1, -0.05) is 0 Å². The van der Waals surface area contributed by atoms with Crippen molar-refractivity contribution in [1.29, 1.82) is 0 Å². The number of furan rings is 1. The number of rotatable bonds is 7. The van der Waals surface area contributed by atoms with Crippen LogP contribution in [0.5, 0.6) is 0 Å². The van der Waals surface area contributed by atoms with E-state index in [1.165, 1.54) is 25.5 Å². The summed E-state index contributed by atoms with van der Waals surface area (Å²) in [5, 5.41) is 13.9. The van der Waals surface area contributed by atoms with Gasteiger partial charge < -0.3 is 20.2 Å². The Bertz CT molecular complexity index is 469. The fraction of sp³-hybridized carbons (Fsp3) is 0.462. The molecule has 20 heavy (non-hydrogen) atoms. The van der Waals surface area contributed by atoms with Crippen molar-refractivity contribution in [3.63, 3.8) is 0 Å². The molecule has 1 aromatic rings. The van der Waals surface area contributed by atoms with Crippen molar-refractivity contribution in [1.82, 2.24) is 10.6 Å². The predicted molar refractivity (Wildman–Crippen MR) is 70.1 cm³/mol. The molecular weight excluding hydrogens is 264 g/mol. The first kappa shape index (κ1) is 15.7. The highest BCUT2D eigenvalue weighted by atomic mass is 16.4. The molecular formula is C13H18N2O5. The Morgan fingerprint density at radius 1 is 1.35 bits per heavy atom. The van der Waals surface area contributed by atoms with Crippen molar-refractivity contribution in [2.45, 2.75) is 26.3 Å². The molecule has 0 aliphatic carbocycles. The van der Waals surface area contributed by atoms with Crippen LogP contribution in [-0.4, -0.2) is 35.5 Å². The molecule has 0 radical (unpaired) electrons. The lowest BCUT2D eigenvalue weighted by atomic mass is 10.0. The molecule has 0 aliphatic rings. The van der Waals surface area contributed by atoms with E-state index in [1.807, 2.05) is 0 Å². The molecule has 2 amide bonds. The fourth-order valence-electron chi connectivity index (χ4n) is 1.45. The smallest absolute Gasteiger partial charge is 0.308 e. The summed E-state index contributed by atoms with van der Waals surface area (Å²) in [6, 6.07) is 1.05. The summed E-state index contributed by atoms with van der Waals surface area (Å²) in [7, 11) is 0. The highest BCUT2D eigenvalue weighted by Gasteiger charge is 2.20. The normalized spacial score (nSPS) is 13.3. The topological polar surface area (TPSA) is 109 Å². The van der Waals surface area contributed by atoms with Gasteiger partial charge in [0, 0.05) is 19.0 Å². The predicted octanol–water partition coefficient (Wildman–Crippen LogP) is 0.625. The molecule has 2 unspecified atom stereocenters. The third-order valence-corrected chi connectivity index (χ3v) is 2.95. The Balaban J connectivity index is 2.27. The molecule has 0 aromatic carbocycles. The van der Waals surface area contributed by atoms with Crippen molar-refractivity contribution in [2.24, 2.45) is 5.92 Å². The Morgan fingerprint density at radius 3 is 2.60 bits per heavy atom. The van der Waals surface area contributed by atoms with Crippen molar-refractivity contribution < 1.29 is 23.9 Å². The maximum atomic E-state index is 11.6. The largest absolute Gasteiger partial charge is 0.481 e. The van der Waals surface area contributed by atoms with E-state index in [4.69, 9.17) is 9.52 Å². The molecule has 0 spiro atoms. The Labute approximate surface area is 116 Å². The van der Waals surface area contributed by atoms with Crippen LogP contribution in [0.3, 0.4) is 0 Å². The average molecular weight is 282 g/mol. The van der Waals surface area contributed by atoms with E-state index in [0.717, 1.165) is 0 Å². The summed E-state index contributed by atoms with van der Waals surface area (Å²) in [5.41, 5.74) is 0.387. The zero-order valence-corrected chi connectivity index (χ0v) is 11.4. The average Bonchev–Trinajstić information content (AvgIpc) is 2.91. The van der Waals surface area contributed by atoms with Crippen LogP contribution in [0.2, 0.25) is 0 Å². The summed E-state index contributed by atoms with van der Waals surface area (Å²) in [5.74, 6) is -2.26. The lowest BCUT2D eigenvalue weighted by Gasteiger charge is -2.17. The van der Waals surface area contributed by atoms with Gasteiger partial charge in [0.25, 0.3) is 5.91 Å². The maximum absolute atomic E-state index is 11.6. The Hall–Kier alpha value is -2.31. The van der Waals surface area contributed by atoms with Crippen LogP contribution in [0.4, 0.5) is 0 Å². The van der Waals surface area contributed by atoms with E-state index in [9.17, 15) is 14.4 Å². The van der Waals surface area contributed by atoms with Gasteiger partial charge in [-0.15, -0.1) is 0 Å². The van der Waals surface area contributed by atoms with E-state index in [2.05, 4.69) is 10.6 Å². The van der Waals surface area contributed by atoms with Gasteiger partial charge in [-0.2, -0.15) is 0 Å². The highest BCUT2D eigenvalue weighted by Crippen LogP contribution is 2.02. The minimum atomic E-state index is -0.967.